The minimum atomic E-state index is -0.557. The Morgan fingerprint density at radius 1 is 0.958 bits per heavy atom. The molecule has 0 saturated heterocycles. The number of hydrogen-bond donors (Lipinski definition) is 1. The van der Waals surface area contributed by atoms with Crippen molar-refractivity contribution in [3.8, 4) is 12.0 Å². The van der Waals surface area contributed by atoms with E-state index in [9.17, 15) is 5.11 Å². The van der Waals surface area contributed by atoms with Crippen LogP contribution in [0.5, 0.6) is 0 Å². The first kappa shape index (κ1) is 16.6. The van der Waals surface area contributed by atoms with E-state index >= 15 is 0 Å². The van der Waals surface area contributed by atoms with Gasteiger partial charge in [0, 0.05) is 12.3 Å². The maximum atomic E-state index is 10.1. The molecule has 1 N–H and O–H groups in total. The first-order chi connectivity index (χ1) is 11.8. The minimum absolute atomic E-state index is 0.155. The fourth-order valence-electron chi connectivity index (χ4n) is 3.37. The van der Waals surface area contributed by atoms with Gasteiger partial charge in [-0.25, -0.2) is 0 Å². The van der Waals surface area contributed by atoms with E-state index in [4.69, 9.17) is 4.74 Å². The lowest BCUT2D eigenvalue weighted by Gasteiger charge is -2.30. The van der Waals surface area contributed by atoms with E-state index < -0.39 is 6.10 Å². The lowest BCUT2D eigenvalue weighted by atomic mass is 9.81. The largest absolute Gasteiger partial charge is 0.443 e. The van der Waals surface area contributed by atoms with Crippen molar-refractivity contribution in [2.75, 3.05) is 0 Å². The summed E-state index contributed by atoms with van der Waals surface area (Å²) in [7, 11) is 0. The summed E-state index contributed by atoms with van der Waals surface area (Å²) in [5.41, 5.74) is 2.24. The quantitative estimate of drug-likeness (QED) is 0.819. The summed E-state index contributed by atoms with van der Waals surface area (Å²) < 4.78 is 5.86. The average molecular weight is 320 g/mol. The van der Waals surface area contributed by atoms with Crippen LogP contribution in [-0.4, -0.2) is 11.2 Å². The second-order valence-electron chi connectivity index (χ2n) is 6.37. The molecule has 0 spiro atoms. The molecule has 0 amide bonds. The number of hydrogen-bond acceptors (Lipinski definition) is 2. The highest BCUT2D eigenvalue weighted by Gasteiger charge is 2.27. The van der Waals surface area contributed by atoms with Crippen molar-refractivity contribution < 1.29 is 9.84 Å². The monoisotopic (exact) mass is 320 g/mol. The fraction of sp³-hybridized carbons (Fsp3) is 0.364. The van der Waals surface area contributed by atoms with Crippen molar-refractivity contribution in [2.24, 2.45) is 0 Å². The Morgan fingerprint density at radius 3 is 2.38 bits per heavy atom. The van der Waals surface area contributed by atoms with E-state index in [1.807, 2.05) is 36.4 Å². The Kier molecular flexibility index (Phi) is 5.93. The molecule has 0 aromatic heterocycles. The van der Waals surface area contributed by atoms with E-state index in [0.29, 0.717) is 12.3 Å². The summed E-state index contributed by atoms with van der Waals surface area (Å²) in [6, 6.07) is 20.2. The topological polar surface area (TPSA) is 29.5 Å². The molecule has 0 bridgehead atoms. The average Bonchev–Trinajstić information content (AvgIpc) is 2.67. The molecule has 2 aromatic carbocycles. The highest BCUT2D eigenvalue weighted by atomic mass is 16.5. The number of benzene rings is 2. The summed E-state index contributed by atoms with van der Waals surface area (Å²) in [6.45, 7) is 0. The highest BCUT2D eigenvalue weighted by molar-refractivity contribution is 5.22. The first-order valence-corrected chi connectivity index (χ1v) is 8.76. The molecule has 2 heteroatoms. The predicted octanol–water partition coefficient (Wildman–Crippen LogP) is 4.81. The Labute approximate surface area is 144 Å². The van der Waals surface area contributed by atoms with Crippen LogP contribution in [0.25, 0.3) is 0 Å². The van der Waals surface area contributed by atoms with E-state index in [0.717, 1.165) is 18.4 Å². The van der Waals surface area contributed by atoms with Gasteiger partial charge in [-0.05, 0) is 30.4 Å². The third-order valence-electron chi connectivity index (χ3n) is 4.69. The normalized spacial score (nSPS) is 21.4. The van der Waals surface area contributed by atoms with E-state index in [2.05, 4.69) is 36.3 Å². The molecular formula is C22H24O2. The summed E-state index contributed by atoms with van der Waals surface area (Å²) in [5, 5.41) is 10.1. The molecule has 3 atom stereocenters. The summed E-state index contributed by atoms with van der Waals surface area (Å²) >= 11 is 0. The second kappa shape index (κ2) is 8.57. The molecule has 1 unspecified atom stereocenters. The lowest BCUT2D eigenvalue weighted by molar-refractivity contribution is 0.101. The van der Waals surface area contributed by atoms with Crippen LogP contribution in [0.3, 0.4) is 0 Å². The van der Waals surface area contributed by atoms with Crippen LogP contribution in [0.2, 0.25) is 0 Å². The Balaban J connectivity index is 1.57. The van der Waals surface area contributed by atoms with Crippen LogP contribution >= 0.6 is 0 Å². The van der Waals surface area contributed by atoms with Gasteiger partial charge in [0.1, 0.15) is 12.2 Å². The van der Waals surface area contributed by atoms with Crippen molar-refractivity contribution in [3.63, 3.8) is 0 Å². The van der Waals surface area contributed by atoms with Crippen LogP contribution in [0.1, 0.15) is 55.3 Å². The van der Waals surface area contributed by atoms with Gasteiger partial charge in [0.05, 0.1) is 6.10 Å². The number of rotatable bonds is 4. The second-order valence-corrected chi connectivity index (χ2v) is 6.37. The van der Waals surface area contributed by atoms with Crippen LogP contribution < -0.4 is 0 Å². The molecule has 3 rings (SSSR count). The molecule has 124 valence electrons. The van der Waals surface area contributed by atoms with Crippen LogP contribution in [0, 0.1) is 12.0 Å². The molecule has 2 aromatic rings. The molecule has 1 aliphatic carbocycles. The SMILES string of the molecule is OC(CC#CO[C@@H]1CCCC[C@H]1c1ccccc1)c1ccccc1. The predicted molar refractivity (Wildman–Crippen MR) is 96.3 cm³/mol. The van der Waals surface area contributed by atoms with E-state index in [1.165, 1.54) is 18.4 Å². The minimum Gasteiger partial charge on any atom is -0.443 e. The molecule has 2 nitrogen and oxygen atoms in total. The third kappa shape index (κ3) is 4.40. The van der Waals surface area contributed by atoms with Gasteiger partial charge < -0.3 is 9.84 Å². The molecule has 1 saturated carbocycles. The van der Waals surface area contributed by atoms with Crippen LogP contribution in [0.15, 0.2) is 60.7 Å². The smallest absolute Gasteiger partial charge is 0.117 e. The molecule has 0 aliphatic heterocycles. The zero-order valence-corrected chi connectivity index (χ0v) is 13.9. The van der Waals surface area contributed by atoms with Gasteiger partial charge in [-0.15, -0.1) is 0 Å². The molecular weight excluding hydrogens is 296 g/mol. The zero-order chi connectivity index (χ0) is 16.6. The Hall–Kier alpha value is -2.24. The fourth-order valence-corrected chi connectivity index (χ4v) is 3.37. The summed E-state index contributed by atoms with van der Waals surface area (Å²) in [4.78, 5) is 0. The van der Waals surface area contributed by atoms with E-state index in [1.54, 1.807) is 0 Å². The standard InChI is InChI=1S/C22H24O2/c23-21(19-12-5-2-6-13-19)15-9-17-24-22-16-8-7-14-20(22)18-10-3-1-4-11-18/h1-6,10-13,20-23H,7-8,14-16H2/t20-,21?,22+/m0/s1. The van der Waals surface area contributed by atoms with Gasteiger partial charge in [0.25, 0.3) is 0 Å². The zero-order valence-electron chi connectivity index (χ0n) is 13.9. The summed E-state index contributed by atoms with van der Waals surface area (Å²) in [5.74, 6) is 3.41. The van der Waals surface area contributed by atoms with Crippen molar-refractivity contribution >= 4 is 0 Å². The summed E-state index contributed by atoms with van der Waals surface area (Å²) in [6.07, 6.45) is 7.49. The van der Waals surface area contributed by atoms with Crippen molar-refractivity contribution in [1.82, 2.24) is 0 Å². The Morgan fingerprint density at radius 2 is 1.62 bits per heavy atom. The maximum absolute atomic E-state index is 10.1. The molecule has 0 radical (unpaired) electrons. The van der Waals surface area contributed by atoms with Crippen molar-refractivity contribution in [1.29, 1.82) is 0 Å². The van der Waals surface area contributed by atoms with Crippen LogP contribution in [-0.2, 0) is 4.74 Å². The number of aliphatic hydroxyl groups is 1. The third-order valence-corrected chi connectivity index (χ3v) is 4.69. The maximum Gasteiger partial charge on any atom is 0.117 e. The van der Waals surface area contributed by atoms with Crippen molar-refractivity contribution in [2.45, 2.75) is 50.2 Å². The lowest BCUT2D eigenvalue weighted by Crippen LogP contribution is -2.24. The first-order valence-electron chi connectivity index (χ1n) is 8.76. The molecule has 1 fully saturated rings. The van der Waals surface area contributed by atoms with Gasteiger partial charge in [-0.3, -0.25) is 0 Å². The molecule has 1 aliphatic rings. The van der Waals surface area contributed by atoms with Gasteiger partial charge in [0.15, 0.2) is 0 Å². The molecule has 24 heavy (non-hydrogen) atoms. The molecule has 0 heterocycles. The van der Waals surface area contributed by atoms with E-state index in [-0.39, 0.29) is 6.10 Å². The Bertz CT molecular complexity index is 669. The number of ether oxygens (including phenoxy) is 1. The van der Waals surface area contributed by atoms with Gasteiger partial charge >= 0.3 is 0 Å². The van der Waals surface area contributed by atoms with Gasteiger partial charge in [-0.2, -0.15) is 0 Å². The van der Waals surface area contributed by atoms with Gasteiger partial charge in [0.2, 0.25) is 0 Å². The van der Waals surface area contributed by atoms with Gasteiger partial charge in [-0.1, -0.05) is 73.0 Å². The van der Waals surface area contributed by atoms with Crippen molar-refractivity contribution in [3.05, 3.63) is 71.8 Å². The highest BCUT2D eigenvalue weighted by Crippen LogP contribution is 2.34. The van der Waals surface area contributed by atoms with Crippen LogP contribution in [0.4, 0.5) is 0 Å². The number of aliphatic hydroxyl groups excluding tert-OH is 1.